The highest BCUT2D eigenvalue weighted by molar-refractivity contribution is 7.11. The van der Waals surface area contributed by atoms with Crippen LogP contribution in [0, 0.1) is 0 Å². The molecule has 0 aromatic carbocycles. The summed E-state index contributed by atoms with van der Waals surface area (Å²) in [5.41, 5.74) is 0. The quantitative estimate of drug-likeness (QED) is 0.746. The van der Waals surface area contributed by atoms with Crippen LogP contribution in [0.5, 0.6) is 5.06 Å². The van der Waals surface area contributed by atoms with Crippen molar-refractivity contribution in [1.82, 2.24) is 4.90 Å². The molecule has 1 fully saturated rings. The summed E-state index contributed by atoms with van der Waals surface area (Å²) in [5, 5.41) is 3.00. The SMILES string of the molecule is FCCCN1CC(Oc2cccs2)C1. The molecule has 0 atom stereocenters. The number of rotatable bonds is 5. The molecular formula is C10H14FNOS. The molecule has 2 heterocycles. The Hall–Kier alpha value is -0.610. The first kappa shape index (κ1) is 9.93. The van der Waals surface area contributed by atoms with E-state index in [2.05, 4.69) is 4.90 Å². The highest BCUT2D eigenvalue weighted by Gasteiger charge is 2.27. The second kappa shape index (κ2) is 4.75. The van der Waals surface area contributed by atoms with Gasteiger partial charge in [0.1, 0.15) is 6.10 Å². The molecule has 1 aromatic heterocycles. The predicted octanol–water partition coefficient (Wildman–Crippen LogP) is 2.17. The van der Waals surface area contributed by atoms with Crippen LogP contribution < -0.4 is 4.74 Å². The van der Waals surface area contributed by atoms with E-state index >= 15 is 0 Å². The second-order valence-electron chi connectivity index (χ2n) is 3.47. The summed E-state index contributed by atoms with van der Waals surface area (Å²) in [6, 6.07) is 3.97. The number of hydrogen-bond donors (Lipinski definition) is 0. The average molecular weight is 215 g/mol. The van der Waals surface area contributed by atoms with Crippen LogP contribution in [0.1, 0.15) is 6.42 Å². The van der Waals surface area contributed by atoms with E-state index in [1.807, 2.05) is 17.5 Å². The minimum Gasteiger partial charge on any atom is -0.478 e. The van der Waals surface area contributed by atoms with E-state index in [9.17, 15) is 4.39 Å². The summed E-state index contributed by atoms with van der Waals surface area (Å²) >= 11 is 1.62. The van der Waals surface area contributed by atoms with Gasteiger partial charge in [0, 0.05) is 19.6 Å². The molecule has 0 N–H and O–H groups in total. The topological polar surface area (TPSA) is 12.5 Å². The average Bonchev–Trinajstić information content (AvgIpc) is 2.61. The fourth-order valence-corrected chi connectivity index (χ4v) is 2.20. The zero-order valence-corrected chi connectivity index (χ0v) is 8.80. The van der Waals surface area contributed by atoms with Gasteiger partial charge in [0.15, 0.2) is 5.06 Å². The minimum absolute atomic E-state index is 0.215. The molecule has 2 nitrogen and oxygen atoms in total. The van der Waals surface area contributed by atoms with Crippen LogP contribution in [0.4, 0.5) is 4.39 Å². The molecular weight excluding hydrogens is 201 g/mol. The molecule has 1 aliphatic rings. The molecule has 14 heavy (non-hydrogen) atoms. The van der Waals surface area contributed by atoms with Crippen molar-refractivity contribution >= 4 is 11.3 Å². The number of halogens is 1. The summed E-state index contributed by atoms with van der Waals surface area (Å²) < 4.78 is 17.5. The zero-order valence-electron chi connectivity index (χ0n) is 7.99. The first-order valence-corrected chi connectivity index (χ1v) is 5.75. The first-order chi connectivity index (χ1) is 6.88. The van der Waals surface area contributed by atoms with E-state index in [1.54, 1.807) is 11.3 Å². The third-order valence-corrected chi connectivity index (χ3v) is 3.07. The van der Waals surface area contributed by atoms with Crippen molar-refractivity contribution in [3.8, 4) is 5.06 Å². The molecule has 0 aliphatic carbocycles. The van der Waals surface area contributed by atoms with Crippen molar-refractivity contribution in [1.29, 1.82) is 0 Å². The van der Waals surface area contributed by atoms with Crippen molar-refractivity contribution in [2.24, 2.45) is 0 Å². The Bertz CT molecular complexity index is 259. The Morgan fingerprint density at radius 1 is 1.57 bits per heavy atom. The summed E-state index contributed by atoms with van der Waals surface area (Å²) in [4.78, 5) is 2.22. The van der Waals surface area contributed by atoms with Gasteiger partial charge in [-0.15, -0.1) is 11.3 Å². The van der Waals surface area contributed by atoms with Crippen LogP contribution in [0.15, 0.2) is 17.5 Å². The van der Waals surface area contributed by atoms with Gasteiger partial charge in [-0.1, -0.05) is 0 Å². The van der Waals surface area contributed by atoms with Crippen LogP contribution in [-0.4, -0.2) is 37.3 Å². The molecule has 1 saturated heterocycles. The molecule has 0 amide bonds. The number of hydrogen-bond acceptors (Lipinski definition) is 3. The molecule has 4 heteroatoms. The molecule has 0 bridgehead atoms. The van der Waals surface area contributed by atoms with Crippen LogP contribution in [0.25, 0.3) is 0 Å². The molecule has 2 rings (SSSR count). The monoisotopic (exact) mass is 215 g/mol. The van der Waals surface area contributed by atoms with Gasteiger partial charge in [-0.3, -0.25) is 9.29 Å². The second-order valence-corrected chi connectivity index (χ2v) is 4.38. The largest absolute Gasteiger partial charge is 0.478 e. The van der Waals surface area contributed by atoms with Crippen LogP contribution in [-0.2, 0) is 0 Å². The number of nitrogens with zero attached hydrogens (tertiary/aromatic N) is 1. The Labute approximate surface area is 87.3 Å². The van der Waals surface area contributed by atoms with Gasteiger partial charge in [-0.05, 0) is 23.9 Å². The zero-order chi connectivity index (χ0) is 9.80. The molecule has 1 aromatic rings. The van der Waals surface area contributed by atoms with E-state index in [0.29, 0.717) is 12.5 Å². The Morgan fingerprint density at radius 3 is 3.07 bits per heavy atom. The normalized spacial score (nSPS) is 18.1. The van der Waals surface area contributed by atoms with Gasteiger partial charge in [0.05, 0.1) is 6.67 Å². The molecule has 0 radical (unpaired) electrons. The highest BCUT2D eigenvalue weighted by Crippen LogP contribution is 2.22. The lowest BCUT2D eigenvalue weighted by atomic mass is 10.1. The standard InChI is InChI=1S/C10H14FNOS/c11-4-2-5-12-7-9(8-12)13-10-3-1-6-14-10/h1,3,6,9H,2,4-5,7-8H2. The predicted molar refractivity (Wildman–Crippen MR) is 55.8 cm³/mol. The summed E-state index contributed by atoms with van der Waals surface area (Å²) in [6.07, 6.45) is 0.958. The van der Waals surface area contributed by atoms with Crippen molar-refractivity contribution in [3.63, 3.8) is 0 Å². The van der Waals surface area contributed by atoms with E-state index in [0.717, 1.165) is 24.7 Å². The lowest BCUT2D eigenvalue weighted by Gasteiger charge is -2.38. The van der Waals surface area contributed by atoms with Crippen LogP contribution >= 0.6 is 11.3 Å². The van der Waals surface area contributed by atoms with E-state index in [1.165, 1.54) is 0 Å². The maximum Gasteiger partial charge on any atom is 0.174 e. The lowest BCUT2D eigenvalue weighted by molar-refractivity contribution is 0.0208. The van der Waals surface area contributed by atoms with Crippen molar-refractivity contribution in [2.75, 3.05) is 26.3 Å². The summed E-state index contributed by atoms with van der Waals surface area (Å²) in [6.45, 7) is 2.53. The Balaban J connectivity index is 1.63. The number of ether oxygens (including phenoxy) is 1. The third-order valence-electron chi connectivity index (χ3n) is 2.31. The van der Waals surface area contributed by atoms with Crippen LogP contribution in [0.3, 0.4) is 0 Å². The molecule has 78 valence electrons. The smallest absolute Gasteiger partial charge is 0.174 e. The molecule has 1 aliphatic heterocycles. The fraction of sp³-hybridized carbons (Fsp3) is 0.600. The van der Waals surface area contributed by atoms with E-state index in [-0.39, 0.29) is 6.67 Å². The Morgan fingerprint density at radius 2 is 2.43 bits per heavy atom. The van der Waals surface area contributed by atoms with Gasteiger partial charge < -0.3 is 4.74 Å². The maximum absolute atomic E-state index is 11.9. The first-order valence-electron chi connectivity index (χ1n) is 4.87. The Kier molecular flexibility index (Phi) is 3.37. The number of alkyl halides is 1. The summed E-state index contributed by atoms with van der Waals surface area (Å²) in [5.74, 6) is 0. The number of likely N-dealkylation sites (tertiary alicyclic amines) is 1. The van der Waals surface area contributed by atoms with Crippen molar-refractivity contribution in [3.05, 3.63) is 17.5 Å². The third kappa shape index (κ3) is 2.45. The van der Waals surface area contributed by atoms with Gasteiger partial charge >= 0.3 is 0 Å². The van der Waals surface area contributed by atoms with Crippen LogP contribution in [0.2, 0.25) is 0 Å². The van der Waals surface area contributed by atoms with Gasteiger partial charge in [-0.2, -0.15) is 0 Å². The van der Waals surface area contributed by atoms with Crippen molar-refractivity contribution < 1.29 is 9.13 Å². The van der Waals surface area contributed by atoms with Gasteiger partial charge in [0.2, 0.25) is 0 Å². The minimum atomic E-state index is -0.215. The van der Waals surface area contributed by atoms with Gasteiger partial charge in [-0.25, -0.2) is 0 Å². The van der Waals surface area contributed by atoms with Crippen molar-refractivity contribution in [2.45, 2.75) is 12.5 Å². The molecule has 0 saturated carbocycles. The fourth-order valence-electron chi connectivity index (χ4n) is 1.56. The summed E-state index contributed by atoms with van der Waals surface area (Å²) in [7, 11) is 0. The van der Waals surface area contributed by atoms with Gasteiger partial charge in [0.25, 0.3) is 0 Å². The lowest BCUT2D eigenvalue weighted by Crippen LogP contribution is -2.53. The number of thiophene rings is 1. The van der Waals surface area contributed by atoms with E-state index in [4.69, 9.17) is 4.74 Å². The molecule has 0 spiro atoms. The van der Waals surface area contributed by atoms with E-state index < -0.39 is 0 Å². The maximum atomic E-state index is 11.9. The highest BCUT2D eigenvalue weighted by atomic mass is 32.1. The molecule has 0 unspecified atom stereocenters.